The molecule has 1 fully saturated rings. The van der Waals surface area contributed by atoms with E-state index in [1.165, 1.54) is 6.20 Å². The van der Waals surface area contributed by atoms with E-state index in [0.29, 0.717) is 36.0 Å². The predicted molar refractivity (Wildman–Crippen MR) is 117 cm³/mol. The zero-order valence-corrected chi connectivity index (χ0v) is 18.0. The fourth-order valence-electron chi connectivity index (χ4n) is 3.82. The summed E-state index contributed by atoms with van der Waals surface area (Å²) < 4.78 is 18.4. The van der Waals surface area contributed by atoms with E-state index in [9.17, 15) is 5.26 Å². The molecular formula is C22H25N7O3. The Kier molecular flexibility index (Phi) is 5.77. The first kappa shape index (κ1) is 20.5. The van der Waals surface area contributed by atoms with Gasteiger partial charge in [-0.3, -0.25) is 4.90 Å². The number of rotatable bonds is 7. The van der Waals surface area contributed by atoms with Crippen molar-refractivity contribution in [3.8, 4) is 17.6 Å². The van der Waals surface area contributed by atoms with E-state index in [4.69, 9.17) is 14.2 Å². The van der Waals surface area contributed by atoms with Crippen molar-refractivity contribution < 1.29 is 14.2 Å². The predicted octanol–water partition coefficient (Wildman–Crippen LogP) is 1.84. The third kappa shape index (κ3) is 4.31. The molecule has 4 heterocycles. The lowest BCUT2D eigenvalue weighted by Gasteiger charge is -2.32. The molecule has 1 aromatic carbocycles. The minimum Gasteiger partial charge on any atom is -0.454 e. The van der Waals surface area contributed by atoms with Gasteiger partial charge in [-0.05, 0) is 19.2 Å². The second-order valence-corrected chi connectivity index (χ2v) is 7.93. The summed E-state index contributed by atoms with van der Waals surface area (Å²) in [5, 5.41) is 17.1. The van der Waals surface area contributed by atoms with Crippen LogP contribution in [-0.2, 0) is 11.3 Å². The molecule has 0 bridgehead atoms. The molecular weight excluding hydrogens is 410 g/mol. The molecule has 166 valence electrons. The fraction of sp³-hybridized carbons (Fsp3) is 0.409. The van der Waals surface area contributed by atoms with Gasteiger partial charge in [0, 0.05) is 50.5 Å². The van der Waals surface area contributed by atoms with Crippen molar-refractivity contribution in [1.82, 2.24) is 24.4 Å². The first-order valence-corrected chi connectivity index (χ1v) is 10.6. The SMILES string of the molecule is CN1CCN(CCOCc2cc(Nc3ccc4c(c3)OCO4)n3ncc(C#N)c3n2)CC1. The Hall–Kier alpha value is -3.39. The number of nitrogens with zero attached hydrogens (tertiary/aromatic N) is 6. The van der Waals surface area contributed by atoms with Gasteiger partial charge in [-0.2, -0.15) is 14.9 Å². The third-order valence-electron chi connectivity index (χ3n) is 5.69. The molecule has 0 spiro atoms. The number of benzene rings is 1. The third-order valence-corrected chi connectivity index (χ3v) is 5.69. The van der Waals surface area contributed by atoms with Crippen LogP contribution in [0.15, 0.2) is 30.5 Å². The number of aromatic nitrogens is 3. The Bertz CT molecular complexity index is 1150. The summed E-state index contributed by atoms with van der Waals surface area (Å²) in [4.78, 5) is 9.36. The van der Waals surface area contributed by atoms with Crippen LogP contribution in [0.2, 0.25) is 0 Å². The number of anilines is 2. The van der Waals surface area contributed by atoms with Crippen molar-refractivity contribution in [2.45, 2.75) is 6.61 Å². The van der Waals surface area contributed by atoms with E-state index in [1.807, 2.05) is 24.3 Å². The van der Waals surface area contributed by atoms with Crippen molar-refractivity contribution in [1.29, 1.82) is 5.26 Å². The minimum absolute atomic E-state index is 0.221. The van der Waals surface area contributed by atoms with Crippen LogP contribution in [0.4, 0.5) is 11.5 Å². The summed E-state index contributed by atoms with van der Waals surface area (Å²) in [7, 11) is 2.15. The van der Waals surface area contributed by atoms with Gasteiger partial charge >= 0.3 is 0 Å². The second-order valence-electron chi connectivity index (χ2n) is 7.93. The zero-order valence-electron chi connectivity index (χ0n) is 18.0. The highest BCUT2D eigenvalue weighted by atomic mass is 16.7. The summed E-state index contributed by atoms with van der Waals surface area (Å²) >= 11 is 0. The molecule has 0 saturated carbocycles. The maximum atomic E-state index is 9.44. The van der Waals surface area contributed by atoms with Gasteiger partial charge in [-0.25, -0.2) is 4.98 Å². The van der Waals surface area contributed by atoms with Crippen molar-refractivity contribution in [3.05, 3.63) is 41.7 Å². The normalized spacial score (nSPS) is 16.4. The van der Waals surface area contributed by atoms with E-state index < -0.39 is 0 Å². The number of likely N-dealkylation sites (N-methyl/N-ethyl adjacent to an activating group) is 1. The van der Waals surface area contributed by atoms with Gasteiger partial charge in [0.25, 0.3) is 0 Å². The number of hydrogen-bond acceptors (Lipinski definition) is 9. The average molecular weight is 435 g/mol. The van der Waals surface area contributed by atoms with Crippen LogP contribution in [0, 0.1) is 11.3 Å². The van der Waals surface area contributed by atoms with E-state index >= 15 is 0 Å². The topological polar surface area (TPSA) is 100 Å². The lowest BCUT2D eigenvalue weighted by molar-refractivity contribution is 0.0725. The molecule has 3 aromatic rings. The van der Waals surface area contributed by atoms with E-state index in [0.717, 1.165) is 49.9 Å². The molecule has 0 amide bonds. The molecule has 1 N–H and O–H groups in total. The molecule has 0 atom stereocenters. The number of nitrogens with one attached hydrogen (secondary N) is 1. The monoisotopic (exact) mass is 435 g/mol. The van der Waals surface area contributed by atoms with Crippen LogP contribution in [0.25, 0.3) is 5.65 Å². The van der Waals surface area contributed by atoms with Gasteiger partial charge in [-0.15, -0.1) is 0 Å². The van der Waals surface area contributed by atoms with Gasteiger partial charge in [0.15, 0.2) is 17.1 Å². The highest BCUT2D eigenvalue weighted by molar-refractivity contribution is 5.66. The standard InChI is InChI=1S/C22H25N7O3/c1-27-4-6-28(7-5-27)8-9-30-14-18-11-21(29-22(26-18)16(12-23)13-24-29)25-17-2-3-19-20(10-17)32-15-31-19/h2-3,10-11,13,25H,4-9,14-15H2,1H3. The molecule has 2 aromatic heterocycles. The Morgan fingerprint density at radius 2 is 2.00 bits per heavy atom. The highest BCUT2D eigenvalue weighted by Crippen LogP contribution is 2.35. The summed E-state index contributed by atoms with van der Waals surface area (Å²) in [6.07, 6.45) is 1.52. The summed E-state index contributed by atoms with van der Waals surface area (Å²) in [5.41, 5.74) is 2.46. The first-order chi connectivity index (χ1) is 15.7. The van der Waals surface area contributed by atoms with Crippen LogP contribution >= 0.6 is 0 Å². The Labute approximate surface area is 185 Å². The van der Waals surface area contributed by atoms with E-state index in [-0.39, 0.29) is 6.79 Å². The van der Waals surface area contributed by atoms with Crippen molar-refractivity contribution in [2.75, 3.05) is 58.5 Å². The maximum absolute atomic E-state index is 9.44. The molecule has 2 aliphatic heterocycles. The van der Waals surface area contributed by atoms with Gasteiger partial charge in [0.05, 0.1) is 25.1 Å². The Morgan fingerprint density at radius 1 is 1.16 bits per heavy atom. The highest BCUT2D eigenvalue weighted by Gasteiger charge is 2.16. The summed E-state index contributed by atoms with van der Waals surface area (Å²) in [6, 6.07) is 9.68. The number of ether oxygens (including phenoxy) is 3. The quantitative estimate of drug-likeness (QED) is 0.557. The number of nitriles is 1. The van der Waals surface area contributed by atoms with Gasteiger partial charge < -0.3 is 24.4 Å². The fourth-order valence-corrected chi connectivity index (χ4v) is 3.82. The Balaban J connectivity index is 1.30. The molecule has 0 radical (unpaired) electrons. The van der Waals surface area contributed by atoms with Crippen molar-refractivity contribution >= 4 is 17.2 Å². The number of fused-ring (bicyclic) bond motifs is 2. The Morgan fingerprint density at radius 3 is 2.84 bits per heavy atom. The minimum atomic E-state index is 0.221. The summed E-state index contributed by atoms with van der Waals surface area (Å²) in [6.45, 7) is 6.41. The van der Waals surface area contributed by atoms with Crippen LogP contribution in [-0.4, -0.2) is 77.6 Å². The van der Waals surface area contributed by atoms with Gasteiger partial charge in [0.2, 0.25) is 6.79 Å². The molecule has 2 aliphatic rings. The van der Waals surface area contributed by atoms with Gasteiger partial charge in [-0.1, -0.05) is 0 Å². The van der Waals surface area contributed by atoms with Crippen LogP contribution in [0.5, 0.6) is 11.5 Å². The van der Waals surface area contributed by atoms with Crippen LogP contribution < -0.4 is 14.8 Å². The second kappa shape index (κ2) is 9.00. The maximum Gasteiger partial charge on any atom is 0.231 e. The number of hydrogen-bond donors (Lipinski definition) is 1. The molecule has 0 aliphatic carbocycles. The zero-order chi connectivity index (χ0) is 21.9. The lowest BCUT2D eigenvalue weighted by atomic mass is 10.2. The van der Waals surface area contributed by atoms with Gasteiger partial charge in [0.1, 0.15) is 17.5 Å². The molecule has 1 saturated heterocycles. The first-order valence-electron chi connectivity index (χ1n) is 10.6. The largest absolute Gasteiger partial charge is 0.454 e. The van der Waals surface area contributed by atoms with Crippen molar-refractivity contribution in [2.24, 2.45) is 0 Å². The smallest absolute Gasteiger partial charge is 0.231 e. The van der Waals surface area contributed by atoms with Crippen LogP contribution in [0.1, 0.15) is 11.3 Å². The molecule has 0 unspecified atom stereocenters. The van der Waals surface area contributed by atoms with Crippen molar-refractivity contribution in [3.63, 3.8) is 0 Å². The summed E-state index contributed by atoms with van der Waals surface area (Å²) in [5.74, 6) is 2.09. The molecule has 10 heteroatoms. The average Bonchev–Trinajstić information content (AvgIpc) is 3.44. The van der Waals surface area contributed by atoms with E-state index in [2.05, 4.69) is 38.3 Å². The van der Waals surface area contributed by atoms with Crippen LogP contribution in [0.3, 0.4) is 0 Å². The molecule has 10 nitrogen and oxygen atoms in total. The molecule has 5 rings (SSSR count). The molecule has 32 heavy (non-hydrogen) atoms. The number of piperazine rings is 1. The van der Waals surface area contributed by atoms with E-state index in [1.54, 1.807) is 4.52 Å². The lowest BCUT2D eigenvalue weighted by Crippen LogP contribution is -2.45.